The van der Waals surface area contributed by atoms with Gasteiger partial charge in [-0.1, -0.05) is 0 Å². The second kappa shape index (κ2) is 4.20. The van der Waals surface area contributed by atoms with Crippen molar-refractivity contribution in [3.8, 4) is 0 Å². The number of alkyl halides is 1. The number of methoxy groups -OCH3 is 1. The van der Waals surface area contributed by atoms with Crippen LogP contribution in [0.5, 0.6) is 0 Å². The standard InChI is InChI=1S/C11H12F2N2O2/c1-17-11(16)5-2-7(13)10(8(14)3-5)15-9-4-6(9)12/h2-3,6,9,15H,4,14H2,1H3/t6-,9-/m1/s1. The number of ether oxygens (including phenoxy) is 1. The number of anilines is 2. The fourth-order valence-corrected chi connectivity index (χ4v) is 1.51. The fourth-order valence-electron chi connectivity index (χ4n) is 1.51. The van der Waals surface area contributed by atoms with Crippen LogP contribution in [-0.4, -0.2) is 25.3 Å². The van der Waals surface area contributed by atoms with Crippen molar-refractivity contribution in [1.29, 1.82) is 0 Å². The van der Waals surface area contributed by atoms with Crippen molar-refractivity contribution in [2.45, 2.75) is 18.6 Å². The van der Waals surface area contributed by atoms with E-state index in [1.165, 1.54) is 13.2 Å². The quantitative estimate of drug-likeness (QED) is 0.625. The summed E-state index contributed by atoms with van der Waals surface area (Å²) in [6.45, 7) is 0. The van der Waals surface area contributed by atoms with Gasteiger partial charge < -0.3 is 15.8 Å². The molecule has 1 aliphatic carbocycles. The molecule has 2 atom stereocenters. The van der Waals surface area contributed by atoms with Crippen LogP contribution >= 0.6 is 0 Å². The van der Waals surface area contributed by atoms with E-state index in [0.29, 0.717) is 6.42 Å². The van der Waals surface area contributed by atoms with Gasteiger partial charge in [0.25, 0.3) is 0 Å². The van der Waals surface area contributed by atoms with Crippen LogP contribution < -0.4 is 11.1 Å². The number of carbonyl (C=O) groups is 1. The van der Waals surface area contributed by atoms with E-state index in [-0.39, 0.29) is 16.9 Å². The molecule has 0 aliphatic heterocycles. The van der Waals surface area contributed by atoms with Gasteiger partial charge in [0.15, 0.2) is 0 Å². The first kappa shape index (κ1) is 11.6. The van der Waals surface area contributed by atoms with Crippen LogP contribution in [0.1, 0.15) is 16.8 Å². The third kappa shape index (κ3) is 2.30. The van der Waals surface area contributed by atoms with Crippen molar-refractivity contribution < 1.29 is 18.3 Å². The highest BCUT2D eigenvalue weighted by molar-refractivity contribution is 5.92. The number of hydrogen-bond donors (Lipinski definition) is 2. The van der Waals surface area contributed by atoms with Gasteiger partial charge in [-0.2, -0.15) is 0 Å². The molecule has 0 aromatic heterocycles. The number of rotatable bonds is 3. The summed E-state index contributed by atoms with van der Waals surface area (Å²) < 4.78 is 30.8. The van der Waals surface area contributed by atoms with Crippen molar-refractivity contribution in [2.24, 2.45) is 0 Å². The van der Waals surface area contributed by atoms with Gasteiger partial charge in [-0.15, -0.1) is 0 Å². The van der Waals surface area contributed by atoms with Crippen molar-refractivity contribution >= 4 is 17.3 Å². The van der Waals surface area contributed by atoms with E-state index in [0.717, 1.165) is 6.07 Å². The number of carbonyl (C=O) groups excluding carboxylic acids is 1. The van der Waals surface area contributed by atoms with Crippen molar-refractivity contribution in [3.05, 3.63) is 23.5 Å². The second-order valence-corrected chi connectivity index (χ2v) is 3.92. The lowest BCUT2D eigenvalue weighted by atomic mass is 10.1. The predicted molar refractivity (Wildman–Crippen MR) is 59.1 cm³/mol. The molecule has 4 nitrogen and oxygen atoms in total. The minimum atomic E-state index is -0.964. The van der Waals surface area contributed by atoms with E-state index in [9.17, 15) is 13.6 Å². The van der Waals surface area contributed by atoms with E-state index >= 15 is 0 Å². The van der Waals surface area contributed by atoms with Crippen molar-refractivity contribution in [3.63, 3.8) is 0 Å². The molecule has 1 aromatic carbocycles. The van der Waals surface area contributed by atoms with Crippen LogP contribution in [0.3, 0.4) is 0 Å². The van der Waals surface area contributed by atoms with E-state index in [4.69, 9.17) is 5.73 Å². The van der Waals surface area contributed by atoms with Crippen LogP contribution in [0.2, 0.25) is 0 Å². The maximum Gasteiger partial charge on any atom is 0.338 e. The number of nitrogens with two attached hydrogens (primary N) is 1. The monoisotopic (exact) mass is 242 g/mol. The molecule has 1 aliphatic rings. The van der Waals surface area contributed by atoms with Gasteiger partial charge in [0.05, 0.1) is 30.1 Å². The van der Waals surface area contributed by atoms with E-state index in [2.05, 4.69) is 10.1 Å². The van der Waals surface area contributed by atoms with Crippen LogP contribution in [0.15, 0.2) is 12.1 Å². The Balaban J connectivity index is 2.25. The van der Waals surface area contributed by atoms with Crippen molar-refractivity contribution in [2.75, 3.05) is 18.2 Å². The molecular weight excluding hydrogens is 230 g/mol. The molecular formula is C11H12F2N2O2. The summed E-state index contributed by atoms with van der Waals surface area (Å²) in [6, 6.07) is 1.92. The minimum absolute atomic E-state index is 0.0284. The fraction of sp³-hybridized carbons (Fsp3) is 0.364. The van der Waals surface area contributed by atoms with Gasteiger partial charge in [0, 0.05) is 6.42 Å². The molecule has 17 heavy (non-hydrogen) atoms. The minimum Gasteiger partial charge on any atom is -0.465 e. The highest BCUT2D eigenvalue weighted by Crippen LogP contribution is 2.33. The number of esters is 1. The number of hydrogen-bond acceptors (Lipinski definition) is 4. The number of nitrogens with one attached hydrogen (secondary N) is 1. The lowest BCUT2D eigenvalue weighted by Crippen LogP contribution is -2.11. The van der Waals surface area contributed by atoms with Gasteiger partial charge in [-0.25, -0.2) is 13.6 Å². The predicted octanol–water partition coefficient (Wildman–Crippen LogP) is 1.72. The van der Waals surface area contributed by atoms with Crippen LogP contribution in [0, 0.1) is 5.82 Å². The highest BCUT2D eigenvalue weighted by atomic mass is 19.1. The topological polar surface area (TPSA) is 64.3 Å². The van der Waals surface area contributed by atoms with Gasteiger partial charge in [0.1, 0.15) is 12.0 Å². The zero-order chi connectivity index (χ0) is 12.6. The molecule has 1 aromatic rings. The molecule has 2 rings (SSSR count). The maximum atomic E-state index is 13.7. The average molecular weight is 242 g/mol. The molecule has 0 heterocycles. The summed E-state index contributed by atoms with van der Waals surface area (Å²) >= 11 is 0. The zero-order valence-corrected chi connectivity index (χ0v) is 9.17. The van der Waals surface area contributed by atoms with Crippen molar-refractivity contribution in [1.82, 2.24) is 0 Å². The van der Waals surface area contributed by atoms with Gasteiger partial charge in [-0.3, -0.25) is 0 Å². The van der Waals surface area contributed by atoms with Gasteiger partial charge in [-0.05, 0) is 12.1 Å². The first-order valence-electron chi connectivity index (χ1n) is 5.11. The smallest absolute Gasteiger partial charge is 0.338 e. The molecule has 3 N–H and O–H groups in total. The molecule has 0 spiro atoms. The molecule has 0 amide bonds. The SMILES string of the molecule is COC(=O)c1cc(N)c(N[C@@H]2C[C@H]2F)c(F)c1. The normalized spacial score (nSPS) is 22.1. The molecule has 0 radical (unpaired) electrons. The molecule has 0 unspecified atom stereocenters. The average Bonchev–Trinajstić information content (AvgIpc) is 2.98. The highest BCUT2D eigenvalue weighted by Gasteiger charge is 2.38. The van der Waals surface area contributed by atoms with E-state index in [1.807, 2.05) is 0 Å². The van der Waals surface area contributed by atoms with E-state index < -0.39 is 24.0 Å². The third-order valence-corrected chi connectivity index (χ3v) is 2.58. The summed E-state index contributed by atoms with van der Waals surface area (Å²) in [6.07, 6.45) is -0.619. The first-order valence-corrected chi connectivity index (χ1v) is 5.11. The zero-order valence-electron chi connectivity index (χ0n) is 9.17. The Morgan fingerprint density at radius 2 is 2.24 bits per heavy atom. The Hall–Kier alpha value is -1.85. The van der Waals surface area contributed by atoms with E-state index in [1.54, 1.807) is 0 Å². The maximum absolute atomic E-state index is 13.7. The Morgan fingerprint density at radius 3 is 2.71 bits per heavy atom. The van der Waals surface area contributed by atoms with Gasteiger partial charge in [0.2, 0.25) is 0 Å². The summed E-state index contributed by atoms with van der Waals surface area (Å²) in [4.78, 5) is 11.2. The Labute approximate surface area is 96.7 Å². The lowest BCUT2D eigenvalue weighted by molar-refractivity contribution is 0.0600. The molecule has 0 bridgehead atoms. The lowest BCUT2D eigenvalue weighted by Gasteiger charge is -2.10. The Bertz CT molecular complexity index is 442. The number of benzene rings is 1. The van der Waals surface area contributed by atoms with Gasteiger partial charge >= 0.3 is 5.97 Å². The first-order chi connectivity index (χ1) is 8.02. The Kier molecular flexibility index (Phi) is 2.87. The third-order valence-electron chi connectivity index (χ3n) is 2.58. The van der Waals surface area contributed by atoms with Crippen LogP contribution in [0.25, 0.3) is 0 Å². The summed E-state index contributed by atoms with van der Waals surface area (Å²) in [5.41, 5.74) is 5.72. The number of halogens is 2. The van der Waals surface area contributed by atoms with Crippen LogP contribution in [0.4, 0.5) is 20.2 Å². The Morgan fingerprint density at radius 1 is 1.59 bits per heavy atom. The molecule has 1 fully saturated rings. The van der Waals surface area contributed by atoms with Crippen LogP contribution in [-0.2, 0) is 4.74 Å². The molecule has 6 heteroatoms. The molecule has 1 saturated carbocycles. The summed E-state index contributed by atoms with van der Waals surface area (Å²) in [7, 11) is 1.19. The number of nitrogen functional groups attached to an aromatic ring is 1. The second-order valence-electron chi connectivity index (χ2n) is 3.92. The summed E-state index contributed by atoms with van der Waals surface area (Å²) in [5.74, 6) is -1.36. The molecule has 0 saturated heterocycles. The largest absolute Gasteiger partial charge is 0.465 e. The molecule has 92 valence electrons. The summed E-state index contributed by atoms with van der Waals surface area (Å²) in [5, 5.41) is 2.66.